The molecule has 18 heavy (non-hydrogen) atoms. The van der Waals surface area contributed by atoms with Crippen molar-refractivity contribution in [3.63, 3.8) is 0 Å². The molecule has 4 nitrogen and oxygen atoms in total. The number of benzene rings is 1. The third-order valence-corrected chi connectivity index (χ3v) is 5.17. The Bertz CT molecular complexity index is 527. The molecule has 0 fully saturated rings. The molecule has 0 aliphatic carbocycles. The molecule has 0 aliphatic heterocycles. The molecule has 0 amide bonds. The van der Waals surface area contributed by atoms with Gasteiger partial charge in [-0.2, -0.15) is 0 Å². The van der Waals surface area contributed by atoms with E-state index < -0.39 is 23.5 Å². The number of nitrogens with zero attached hydrogens (tertiary/aromatic N) is 1. The van der Waals surface area contributed by atoms with Crippen LogP contribution >= 0.6 is 19.4 Å². The summed E-state index contributed by atoms with van der Waals surface area (Å²) in [5.74, 6) is 0.718. The van der Waals surface area contributed by atoms with E-state index in [-0.39, 0.29) is 6.54 Å². The van der Waals surface area contributed by atoms with Gasteiger partial charge in [-0.05, 0) is 0 Å². The van der Waals surface area contributed by atoms with E-state index in [1.807, 2.05) is 0 Å². The van der Waals surface area contributed by atoms with Crippen LogP contribution in [0.15, 0.2) is 24.3 Å². The Balaban J connectivity index is 2.93. The normalized spacial score (nSPS) is 12.4. The first-order chi connectivity index (χ1) is 8.32. The molecule has 0 spiro atoms. The fourth-order valence-electron chi connectivity index (χ4n) is 1.21. The Morgan fingerprint density at radius 1 is 1.33 bits per heavy atom. The predicted molar refractivity (Wildman–Crippen MR) is 71.2 cm³/mol. The Hall–Kier alpha value is 0.00338. The summed E-state index contributed by atoms with van der Waals surface area (Å²) in [6, 6.07) is 7.13. The molecule has 0 unspecified atom stereocenters. The van der Waals surface area contributed by atoms with Crippen molar-refractivity contribution in [2.75, 3.05) is 13.4 Å². The predicted octanol–water partition coefficient (Wildman–Crippen LogP) is 2.14. The first-order valence-corrected chi connectivity index (χ1v) is 12.1. The van der Waals surface area contributed by atoms with Gasteiger partial charge in [0.15, 0.2) is 0 Å². The Morgan fingerprint density at radius 2 is 1.89 bits per heavy atom. The molecule has 0 saturated heterocycles. The Labute approximate surface area is 120 Å². The molecule has 0 atom stereocenters. The molecule has 1 aromatic carbocycles. The van der Waals surface area contributed by atoms with Crippen molar-refractivity contribution in [2.45, 2.75) is 6.54 Å². The van der Waals surface area contributed by atoms with Crippen LogP contribution in [0.1, 0.15) is 5.56 Å². The fourth-order valence-corrected chi connectivity index (χ4v) is 5.17. The maximum absolute atomic E-state index is 11.6. The molecule has 104 valence electrons. The molecule has 0 saturated carbocycles. The molecular formula is C10H13Cl2NO3RuS. The summed E-state index contributed by atoms with van der Waals surface area (Å²) in [4.78, 5) is 0. The van der Waals surface area contributed by atoms with Crippen LogP contribution in [0.4, 0.5) is 0 Å². The van der Waals surface area contributed by atoms with Gasteiger partial charge in [0.2, 0.25) is 0 Å². The zero-order valence-electron chi connectivity index (χ0n) is 9.78. The number of methoxy groups -OCH3 is 1. The van der Waals surface area contributed by atoms with Gasteiger partial charge >= 0.3 is 121 Å². The number of ether oxygens (including phenoxy) is 1. The van der Waals surface area contributed by atoms with Gasteiger partial charge in [0, 0.05) is 0 Å². The van der Waals surface area contributed by atoms with Crippen molar-refractivity contribution in [1.29, 1.82) is 0 Å². The molecule has 0 aromatic heterocycles. The Morgan fingerprint density at radius 3 is 2.28 bits per heavy atom. The van der Waals surface area contributed by atoms with Gasteiger partial charge in [-0.15, -0.1) is 0 Å². The summed E-state index contributed by atoms with van der Waals surface area (Å²) in [6.07, 6.45) is 1.12. The van der Waals surface area contributed by atoms with E-state index in [9.17, 15) is 8.42 Å². The van der Waals surface area contributed by atoms with E-state index in [2.05, 4.69) is 0 Å². The van der Waals surface area contributed by atoms with Crippen molar-refractivity contribution in [1.82, 2.24) is 4.31 Å². The second-order valence-corrected chi connectivity index (χ2v) is 11.1. The van der Waals surface area contributed by atoms with Gasteiger partial charge in [-0.1, -0.05) is 0 Å². The Kier molecular flexibility index (Phi) is 6.21. The molecule has 8 heteroatoms. The third kappa shape index (κ3) is 5.33. The number of hydrogen-bond donors (Lipinski definition) is 0. The molecule has 1 rings (SSSR count). The van der Waals surface area contributed by atoms with E-state index in [0.29, 0.717) is 0 Å². The molecule has 0 radical (unpaired) electrons. The van der Waals surface area contributed by atoms with Crippen molar-refractivity contribution in [2.24, 2.45) is 0 Å². The zero-order valence-corrected chi connectivity index (χ0v) is 13.8. The molecule has 0 aliphatic rings. The maximum atomic E-state index is 11.6. The van der Waals surface area contributed by atoms with Crippen LogP contribution in [-0.2, 0) is 30.1 Å². The average molecular weight is 399 g/mol. The van der Waals surface area contributed by atoms with E-state index in [4.69, 9.17) is 24.1 Å². The van der Waals surface area contributed by atoms with Gasteiger partial charge in [-0.25, -0.2) is 0 Å². The standard InChI is InChI=1S/C10H13NO3S.2ClH.Ru/c1-11(15(3,12)13)8-9-4-6-10(14-2)7-5-9;;;/h1,4-7H,8H2,2-3H3;2*1H;/q;;;+2/p-2. The quantitative estimate of drug-likeness (QED) is 0.713. The summed E-state index contributed by atoms with van der Waals surface area (Å²) in [6.45, 7) is 0.215. The summed E-state index contributed by atoms with van der Waals surface area (Å²) in [5.41, 5.74) is 0.834. The van der Waals surface area contributed by atoms with Gasteiger partial charge in [-0.3, -0.25) is 0 Å². The second-order valence-electron chi connectivity index (χ2n) is 3.45. The monoisotopic (exact) mass is 399 g/mol. The number of rotatable bonds is 5. The van der Waals surface area contributed by atoms with Crippen LogP contribution in [0.5, 0.6) is 5.75 Å². The summed E-state index contributed by atoms with van der Waals surface area (Å²) >= 11 is -2.18. The SMILES string of the molecule is COc1ccc(CN([CH]=[Ru]([Cl])[Cl])S(C)(=O)=O)cc1. The van der Waals surface area contributed by atoms with Crippen LogP contribution in [0.2, 0.25) is 0 Å². The number of hydrogen-bond acceptors (Lipinski definition) is 3. The summed E-state index contributed by atoms with van der Waals surface area (Å²) in [7, 11) is 9.65. The van der Waals surface area contributed by atoms with Gasteiger partial charge < -0.3 is 0 Å². The van der Waals surface area contributed by atoms with Crippen molar-refractivity contribution < 1.29 is 26.7 Å². The van der Waals surface area contributed by atoms with Crippen LogP contribution in [0.3, 0.4) is 0 Å². The molecule has 0 heterocycles. The van der Waals surface area contributed by atoms with Gasteiger partial charge in [0.1, 0.15) is 0 Å². The van der Waals surface area contributed by atoms with Crippen molar-refractivity contribution in [3.05, 3.63) is 29.8 Å². The van der Waals surface area contributed by atoms with Gasteiger partial charge in [0.05, 0.1) is 0 Å². The van der Waals surface area contributed by atoms with E-state index in [0.717, 1.165) is 17.6 Å². The van der Waals surface area contributed by atoms with Crippen molar-refractivity contribution in [3.8, 4) is 5.75 Å². The summed E-state index contributed by atoms with van der Waals surface area (Å²) in [5, 5.41) is 0. The number of sulfonamides is 1. The number of halogens is 2. The zero-order chi connectivity index (χ0) is 13.8. The van der Waals surface area contributed by atoms with Crippen molar-refractivity contribution >= 4 is 34.1 Å². The molecule has 1 aromatic rings. The first-order valence-electron chi connectivity index (χ1n) is 4.76. The van der Waals surface area contributed by atoms with Crippen LogP contribution in [0, 0.1) is 0 Å². The minimum absolute atomic E-state index is 0.215. The average Bonchev–Trinajstić information content (AvgIpc) is 2.27. The topological polar surface area (TPSA) is 46.6 Å². The summed E-state index contributed by atoms with van der Waals surface area (Å²) < 4.78 is 30.7. The molecule has 0 bridgehead atoms. The van der Waals surface area contributed by atoms with Crippen LogP contribution in [0.25, 0.3) is 0 Å². The van der Waals surface area contributed by atoms with Crippen LogP contribution < -0.4 is 4.74 Å². The fraction of sp³-hybridized carbons (Fsp3) is 0.300. The van der Waals surface area contributed by atoms with Gasteiger partial charge in [0.25, 0.3) is 0 Å². The first kappa shape index (κ1) is 16.1. The third-order valence-electron chi connectivity index (χ3n) is 2.09. The second kappa shape index (κ2) is 6.97. The molecular weight excluding hydrogens is 386 g/mol. The van der Waals surface area contributed by atoms with Crippen LogP contribution in [-0.4, -0.2) is 30.8 Å². The van der Waals surface area contributed by atoms with E-state index in [1.165, 1.54) is 9.04 Å². The molecule has 0 N–H and O–H groups in total. The van der Waals surface area contributed by atoms with E-state index in [1.54, 1.807) is 31.4 Å². The van der Waals surface area contributed by atoms with E-state index >= 15 is 0 Å². The minimum atomic E-state index is -3.36.